The van der Waals surface area contributed by atoms with Gasteiger partial charge in [0.2, 0.25) is 5.91 Å². The van der Waals surface area contributed by atoms with Gasteiger partial charge in [-0.25, -0.2) is 14.5 Å². The van der Waals surface area contributed by atoms with Crippen molar-refractivity contribution in [1.82, 2.24) is 4.90 Å². The van der Waals surface area contributed by atoms with Crippen LogP contribution in [-0.4, -0.2) is 58.9 Å². The van der Waals surface area contributed by atoms with E-state index < -0.39 is 30.5 Å². The number of ketones is 1. The third kappa shape index (κ3) is 6.64. The fourth-order valence-electron chi connectivity index (χ4n) is 6.43. The fourth-order valence-corrected chi connectivity index (χ4v) is 6.43. The molecule has 3 aliphatic rings. The summed E-state index contributed by atoms with van der Waals surface area (Å²) in [7, 11) is 0. The zero-order valence-corrected chi connectivity index (χ0v) is 23.8. The summed E-state index contributed by atoms with van der Waals surface area (Å²) in [4.78, 5) is 70.1. The number of imide groups is 1. The standard InChI is InChI=1S/C32H38N4O6/c37-28(23-11-5-6-12-23)20-34-26-16-7-8-17-27(26)36(25-14-3-1-2-4-15-25)32(42)35(31(34)41)21-29(38)33-24-13-9-10-22(18-24)19-30(39)40/h7-10,13,16-18,23,25H,1-6,11-12,14-15,19-21H2,(H,33,38)(H,39,40). The SMILES string of the molecule is O=C(O)Cc1cccc(NC(=O)CN2C(=O)N(CC(=O)C3CCCC3)c3ccccc3N(C3CCCCCC3)C2=O)c1. The quantitative estimate of drug-likeness (QED) is 0.375. The van der Waals surface area contributed by atoms with Crippen LogP contribution >= 0.6 is 0 Å². The van der Waals surface area contributed by atoms with Crippen molar-refractivity contribution < 1.29 is 29.1 Å². The number of aliphatic carboxylic acids is 1. The lowest BCUT2D eigenvalue weighted by atomic mass is 10.0. The van der Waals surface area contributed by atoms with E-state index in [0.29, 0.717) is 22.6 Å². The van der Waals surface area contributed by atoms with E-state index in [0.717, 1.165) is 69.1 Å². The monoisotopic (exact) mass is 574 g/mol. The molecule has 10 nitrogen and oxygen atoms in total. The predicted octanol–water partition coefficient (Wildman–Crippen LogP) is 5.60. The van der Waals surface area contributed by atoms with E-state index in [1.807, 2.05) is 12.1 Å². The molecule has 2 aromatic carbocycles. The fraction of sp³-hybridized carbons (Fsp3) is 0.469. The van der Waals surface area contributed by atoms with Crippen LogP contribution in [0.4, 0.5) is 26.7 Å². The van der Waals surface area contributed by atoms with E-state index in [2.05, 4.69) is 5.32 Å². The Morgan fingerprint density at radius 2 is 1.43 bits per heavy atom. The number of hydrogen-bond acceptors (Lipinski definition) is 5. The highest BCUT2D eigenvalue weighted by Crippen LogP contribution is 2.38. The number of para-hydroxylation sites is 2. The number of carboxylic acid groups (broad SMARTS) is 1. The molecule has 2 aromatic rings. The van der Waals surface area contributed by atoms with Gasteiger partial charge in [-0.15, -0.1) is 0 Å². The van der Waals surface area contributed by atoms with Gasteiger partial charge in [0.25, 0.3) is 0 Å². The molecule has 2 N–H and O–H groups in total. The Bertz CT molecular complexity index is 1350. The van der Waals surface area contributed by atoms with Gasteiger partial charge in [0.05, 0.1) is 24.3 Å². The van der Waals surface area contributed by atoms with E-state index in [9.17, 15) is 24.0 Å². The van der Waals surface area contributed by atoms with Crippen LogP contribution in [0.15, 0.2) is 48.5 Å². The van der Waals surface area contributed by atoms with Gasteiger partial charge in [0, 0.05) is 17.6 Å². The molecule has 0 unspecified atom stereocenters. The lowest BCUT2D eigenvalue weighted by Gasteiger charge is -2.33. The molecule has 0 bridgehead atoms. The summed E-state index contributed by atoms with van der Waals surface area (Å²) in [6, 6.07) is 12.2. The molecule has 222 valence electrons. The van der Waals surface area contributed by atoms with Crippen molar-refractivity contribution in [2.75, 3.05) is 28.2 Å². The van der Waals surface area contributed by atoms with Gasteiger partial charge < -0.3 is 10.4 Å². The van der Waals surface area contributed by atoms with E-state index in [4.69, 9.17) is 5.11 Å². The van der Waals surface area contributed by atoms with E-state index in [-0.39, 0.29) is 30.7 Å². The molecule has 0 atom stereocenters. The maximum atomic E-state index is 14.3. The van der Waals surface area contributed by atoms with Crippen molar-refractivity contribution in [1.29, 1.82) is 0 Å². The number of anilines is 3. The highest BCUT2D eigenvalue weighted by molar-refractivity contribution is 6.16. The topological polar surface area (TPSA) is 127 Å². The van der Waals surface area contributed by atoms with Crippen LogP contribution in [0.1, 0.15) is 69.8 Å². The van der Waals surface area contributed by atoms with Crippen LogP contribution in [0.2, 0.25) is 0 Å². The molecule has 5 rings (SSSR count). The number of carbonyl (C=O) groups excluding carboxylic acids is 4. The molecule has 0 radical (unpaired) electrons. The molecule has 0 aromatic heterocycles. The number of nitrogens with one attached hydrogen (secondary N) is 1. The molecule has 10 heteroatoms. The molecule has 5 amide bonds. The van der Waals surface area contributed by atoms with Gasteiger partial charge in [-0.05, 0) is 55.5 Å². The highest BCUT2D eigenvalue weighted by atomic mass is 16.4. The Morgan fingerprint density at radius 1 is 0.762 bits per heavy atom. The molecule has 42 heavy (non-hydrogen) atoms. The average Bonchev–Trinajstić information content (AvgIpc) is 3.36. The summed E-state index contributed by atoms with van der Waals surface area (Å²) in [6.07, 6.45) is 8.99. The maximum absolute atomic E-state index is 14.3. The van der Waals surface area contributed by atoms with Crippen LogP contribution in [0.3, 0.4) is 0 Å². The minimum Gasteiger partial charge on any atom is -0.481 e. The van der Waals surface area contributed by atoms with E-state index in [1.165, 1.54) is 4.90 Å². The van der Waals surface area contributed by atoms with Crippen LogP contribution in [0.25, 0.3) is 0 Å². The molecule has 0 spiro atoms. The van der Waals surface area contributed by atoms with Crippen molar-refractivity contribution in [3.8, 4) is 0 Å². The third-order valence-electron chi connectivity index (χ3n) is 8.51. The number of carboxylic acids is 1. The maximum Gasteiger partial charge on any atom is 0.333 e. The average molecular weight is 575 g/mol. The normalized spacial score (nSPS) is 18.4. The van der Waals surface area contributed by atoms with Gasteiger partial charge in [0.1, 0.15) is 6.54 Å². The minimum absolute atomic E-state index is 0.0364. The van der Waals surface area contributed by atoms with Crippen molar-refractivity contribution >= 4 is 46.8 Å². The Kier molecular flexibility index (Phi) is 9.19. The van der Waals surface area contributed by atoms with Crippen molar-refractivity contribution in [3.63, 3.8) is 0 Å². The molecule has 1 heterocycles. The molecule has 2 fully saturated rings. The van der Waals surface area contributed by atoms with Crippen LogP contribution in [0.5, 0.6) is 0 Å². The van der Waals surface area contributed by atoms with Crippen LogP contribution < -0.4 is 15.1 Å². The first-order valence-corrected chi connectivity index (χ1v) is 15.0. The highest BCUT2D eigenvalue weighted by Gasteiger charge is 2.42. The van der Waals surface area contributed by atoms with Crippen molar-refractivity contribution in [2.45, 2.75) is 76.7 Å². The molecular formula is C32H38N4O6. The molecule has 2 saturated carbocycles. The number of Topliss-reactive ketones (excluding diaryl/α,β-unsaturated/α-hetero) is 1. The van der Waals surface area contributed by atoms with Crippen molar-refractivity contribution in [2.24, 2.45) is 5.92 Å². The smallest absolute Gasteiger partial charge is 0.333 e. The van der Waals surface area contributed by atoms with Crippen molar-refractivity contribution in [3.05, 3.63) is 54.1 Å². The lowest BCUT2D eigenvalue weighted by Crippen LogP contribution is -2.54. The number of rotatable bonds is 9. The summed E-state index contributed by atoms with van der Waals surface area (Å²) in [5, 5.41) is 11.8. The predicted molar refractivity (Wildman–Crippen MR) is 159 cm³/mol. The number of hydrogen-bond donors (Lipinski definition) is 2. The number of benzene rings is 2. The number of fused-ring (bicyclic) bond motifs is 1. The zero-order valence-electron chi connectivity index (χ0n) is 23.8. The molecule has 2 aliphatic carbocycles. The first-order valence-electron chi connectivity index (χ1n) is 15.0. The van der Waals surface area contributed by atoms with Gasteiger partial charge >= 0.3 is 18.0 Å². The second-order valence-electron chi connectivity index (χ2n) is 11.5. The molecule has 0 saturated heterocycles. The summed E-state index contributed by atoms with van der Waals surface area (Å²) in [5.41, 5.74) is 1.95. The second kappa shape index (κ2) is 13.2. The first-order chi connectivity index (χ1) is 20.3. The van der Waals surface area contributed by atoms with Crippen LogP contribution in [0, 0.1) is 5.92 Å². The van der Waals surface area contributed by atoms with E-state index >= 15 is 0 Å². The molecule has 1 aliphatic heterocycles. The number of urea groups is 2. The number of nitrogens with zero attached hydrogens (tertiary/aromatic N) is 3. The Hall–Kier alpha value is -4.21. The second-order valence-corrected chi connectivity index (χ2v) is 11.5. The van der Waals surface area contributed by atoms with Crippen LogP contribution in [-0.2, 0) is 20.8 Å². The Balaban J connectivity index is 1.47. The minimum atomic E-state index is -0.996. The number of carbonyl (C=O) groups is 5. The van der Waals surface area contributed by atoms with Gasteiger partial charge in [-0.1, -0.05) is 62.8 Å². The summed E-state index contributed by atoms with van der Waals surface area (Å²) >= 11 is 0. The molecular weight excluding hydrogens is 536 g/mol. The lowest BCUT2D eigenvalue weighted by molar-refractivity contribution is -0.136. The Morgan fingerprint density at radius 3 is 2.12 bits per heavy atom. The van der Waals surface area contributed by atoms with E-state index in [1.54, 1.807) is 41.3 Å². The number of amides is 5. The first kappa shape index (κ1) is 29.3. The largest absolute Gasteiger partial charge is 0.481 e. The summed E-state index contributed by atoms with van der Waals surface area (Å²) in [6.45, 7) is -0.714. The zero-order chi connectivity index (χ0) is 29.6. The van der Waals surface area contributed by atoms with Gasteiger partial charge in [0.15, 0.2) is 5.78 Å². The van der Waals surface area contributed by atoms with Gasteiger partial charge in [-0.3, -0.25) is 24.2 Å². The summed E-state index contributed by atoms with van der Waals surface area (Å²) < 4.78 is 0. The van der Waals surface area contributed by atoms with Gasteiger partial charge in [-0.2, -0.15) is 0 Å². The third-order valence-corrected chi connectivity index (χ3v) is 8.51. The summed E-state index contributed by atoms with van der Waals surface area (Å²) in [5.74, 6) is -1.75. The Labute approximate surface area is 245 Å².